The Morgan fingerprint density at radius 3 is 2.37 bits per heavy atom. The first kappa shape index (κ1) is 15.2. The van der Waals surface area contributed by atoms with E-state index in [1.807, 2.05) is 13.0 Å². The van der Waals surface area contributed by atoms with Crippen LogP contribution in [0.5, 0.6) is 0 Å². The van der Waals surface area contributed by atoms with Crippen molar-refractivity contribution >= 4 is 17.6 Å². The molecule has 0 radical (unpaired) electrons. The third-order valence-electron chi connectivity index (χ3n) is 2.51. The topological polar surface area (TPSA) is 76.1 Å². The zero-order valence-electron chi connectivity index (χ0n) is 11.8. The van der Waals surface area contributed by atoms with E-state index in [-0.39, 0.29) is 5.97 Å². The van der Waals surface area contributed by atoms with E-state index < -0.39 is 0 Å². The number of carbonyl (C=O) groups is 1. The van der Waals surface area contributed by atoms with Gasteiger partial charge in [-0.3, -0.25) is 4.79 Å². The van der Waals surface area contributed by atoms with Crippen LogP contribution >= 0.6 is 0 Å². The number of rotatable bonds is 8. The van der Waals surface area contributed by atoms with Gasteiger partial charge in [0.25, 0.3) is 0 Å². The highest BCUT2D eigenvalue weighted by atomic mass is 16.5. The van der Waals surface area contributed by atoms with E-state index in [9.17, 15) is 4.79 Å². The molecule has 0 bridgehead atoms. The summed E-state index contributed by atoms with van der Waals surface area (Å²) in [6.45, 7) is 5.49. The summed E-state index contributed by atoms with van der Waals surface area (Å²) in [6, 6.07) is 1.85. The molecule has 1 heterocycles. The van der Waals surface area contributed by atoms with E-state index in [4.69, 9.17) is 0 Å². The largest absolute Gasteiger partial charge is 0.469 e. The maximum atomic E-state index is 11.0. The van der Waals surface area contributed by atoms with Gasteiger partial charge in [0.15, 0.2) is 0 Å². The molecule has 0 aliphatic carbocycles. The molecule has 1 rings (SSSR count). The molecule has 0 spiro atoms. The van der Waals surface area contributed by atoms with Gasteiger partial charge in [0.1, 0.15) is 17.5 Å². The van der Waals surface area contributed by atoms with Crippen molar-refractivity contribution in [1.82, 2.24) is 9.97 Å². The molecule has 0 saturated heterocycles. The van der Waals surface area contributed by atoms with Gasteiger partial charge in [-0.05, 0) is 6.42 Å². The summed E-state index contributed by atoms with van der Waals surface area (Å²) >= 11 is 0. The minimum absolute atomic E-state index is 0.235. The Bertz CT molecular complexity index is 410. The first-order chi connectivity index (χ1) is 9.19. The van der Waals surface area contributed by atoms with Gasteiger partial charge in [0, 0.05) is 25.6 Å². The van der Waals surface area contributed by atoms with Crippen molar-refractivity contribution in [3.05, 3.63) is 11.9 Å². The Morgan fingerprint density at radius 1 is 1.21 bits per heavy atom. The molecule has 1 aromatic rings. The standard InChI is InChI=1S/C13H22N4O2/c1-4-7-14-11-9-12(17-10(5-2)16-11)15-8-6-13(18)19-3/h9H,4-8H2,1-3H3,(H2,14,15,16,17). The van der Waals surface area contributed by atoms with Crippen LogP contribution < -0.4 is 10.6 Å². The molecule has 2 N–H and O–H groups in total. The number of aromatic nitrogens is 2. The van der Waals surface area contributed by atoms with Gasteiger partial charge in [-0.2, -0.15) is 0 Å². The Kier molecular flexibility index (Phi) is 6.63. The van der Waals surface area contributed by atoms with Gasteiger partial charge in [0.2, 0.25) is 0 Å². The molecule has 0 aliphatic heterocycles. The van der Waals surface area contributed by atoms with Crippen LogP contribution in [0.15, 0.2) is 6.07 Å². The molecule has 19 heavy (non-hydrogen) atoms. The predicted molar refractivity (Wildman–Crippen MR) is 75.3 cm³/mol. The summed E-state index contributed by atoms with van der Waals surface area (Å²) in [7, 11) is 1.38. The van der Waals surface area contributed by atoms with Crippen molar-refractivity contribution in [3.8, 4) is 0 Å². The number of carbonyl (C=O) groups excluding carboxylic acids is 1. The number of aryl methyl sites for hydroxylation is 1. The number of nitrogens with one attached hydrogen (secondary N) is 2. The van der Waals surface area contributed by atoms with Crippen LogP contribution in [0.4, 0.5) is 11.6 Å². The average Bonchev–Trinajstić information content (AvgIpc) is 2.44. The molecular formula is C13H22N4O2. The van der Waals surface area contributed by atoms with Gasteiger partial charge in [-0.25, -0.2) is 9.97 Å². The number of anilines is 2. The number of nitrogens with zero attached hydrogens (tertiary/aromatic N) is 2. The third-order valence-corrected chi connectivity index (χ3v) is 2.51. The Hall–Kier alpha value is -1.85. The SMILES string of the molecule is CCCNc1cc(NCCC(=O)OC)nc(CC)n1. The fourth-order valence-corrected chi connectivity index (χ4v) is 1.48. The molecule has 0 unspecified atom stereocenters. The van der Waals surface area contributed by atoms with E-state index in [0.717, 1.165) is 36.8 Å². The first-order valence-electron chi connectivity index (χ1n) is 6.62. The van der Waals surface area contributed by atoms with Crippen molar-refractivity contribution in [2.24, 2.45) is 0 Å². The van der Waals surface area contributed by atoms with Crippen molar-refractivity contribution in [2.75, 3.05) is 30.8 Å². The second-order valence-corrected chi connectivity index (χ2v) is 4.09. The van der Waals surface area contributed by atoms with Crippen molar-refractivity contribution in [3.63, 3.8) is 0 Å². The lowest BCUT2D eigenvalue weighted by molar-refractivity contribution is -0.140. The van der Waals surface area contributed by atoms with Crippen molar-refractivity contribution in [2.45, 2.75) is 33.1 Å². The molecule has 6 heteroatoms. The maximum Gasteiger partial charge on any atom is 0.307 e. The smallest absolute Gasteiger partial charge is 0.307 e. The summed E-state index contributed by atoms with van der Waals surface area (Å²) in [5.41, 5.74) is 0. The monoisotopic (exact) mass is 266 g/mol. The molecule has 0 aromatic carbocycles. The third kappa shape index (κ3) is 5.54. The number of esters is 1. The zero-order valence-corrected chi connectivity index (χ0v) is 11.8. The number of hydrogen-bond acceptors (Lipinski definition) is 6. The van der Waals surface area contributed by atoms with Crippen molar-refractivity contribution in [1.29, 1.82) is 0 Å². The predicted octanol–water partition coefficient (Wildman–Crippen LogP) is 1.84. The summed E-state index contributed by atoms with van der Waals surface area (Å²) in [4.78, 5) is 19.8. The molecule has 0 atom stereocenters. The molecule has 0 fully saturated rings. The molecule has 6 nitrogen and oxygen atoms in total. The minimum Gasteiger partial charge on any atom is -0.469 e. The fraction of sp³-hybridized carbons (Fsp3) is 0.615. The van der Waals surface area contributed by atoms with Crippen LogP contribution in [-0.2, 0) is 16.0 Å². The van der Waals surface area contributed by atoms with Gasteiger partial charge in [-0.15, -0.1) is 0 Å². The highest BCUT2D eigenvalue weighted by Crippen LogP contribution is 2.12. The van der Waals surface area contributed by atoms with Gasteiger partial charge in [-0.1, -0.05) is 13.8 Å². The molecule has 0 amide bonds. The maximum absolute atomic E-state index is 11.0. The van der Waals surface area contributed by atoms with Crippen LogP contribution in [0.2, 0.25) is 0 Å². The van der Waals surface area contributed by atoms with Gasteiger partial charge < -0.3 is 15.4 Å². The summed E-state index contributed by atoms with van der Waals surface area (Å²) in [5, 5.41) is 6.35. The fourth-order valence-electron chi connectivity index (χ4n) is 1.48. The van der Waals surface area contributed by atoms with E-state index in [1.54, 1.807) is 0 Å². The zero-order chi connectivity index (χ0) is 14.1. The minimum atomic E-state index is -0.235. The second kappa shape index (κ2) is 8.29. The summed E-state index contributed by atoms with van der Waals surface area (Å²) in [5.74, 6) is 2.09. The van der Waals surface area contributed by atoms with Crippen LogP contribution in [0, 0.1) is 0 Å². The lowest BCUT2D eigenvalue weighted by Crippen LogP contribution is -2.12. The van der Waals surface area contributed by atoms with Gasteiger partial charge >= 0.3 is 5.97 Å². The number of hydrogen-bond donors (Lipinski definition) is 2. The van der Waals surface area contributed by atoms with Crippen LogP contribution in [-0.4, -0.2) is 36.1 Å². The number of methoxy groups -OCH3 is 1. The summed E-state index contributed by atoms with van der Waals surface area (Å²) in [6.07, 6.45) is 2.13. The van der Waals surface area contributed by atoms with E-state index in [0.29, 0.717) is 13.0 Å². The van der Waals surface area contributed by atoms with Gasteiger partial charge in [0.05, 0.1) is 13.5 Å². The Balaban J connectivity index is 2.62. The molecule has 1 aromatic heterocycles. The highest BCUT2D eigenvalue weighted by molar-refractivity contribution is 5.69. The van der Waals surface area contributed by atoms with Crippen molar-refractivity contribution < 1.29 is 9.53 Å². The first-order valence-corrected chi connectivity index (χ1v) is 6.62. The second-order valence-electron chi connectivity index (χ2n) is 4.09. The Labute approximate surface area is 114 Å². The molecule has 0 aliphatic rings. The van der Waals surface area contributed by atoms with E-state index >= 15 is 0 Å². The average molecular weight is 266 g/mol. The van der Waals surface area contributed by atoms with E-state index in [2.05, 4.69) is 32.3 Å². The number of ether oxygens (including phenoxy) is 1. The normalized spacial score (nSPS) is 10.1. The summed E-state index contributed by atoms with van der Waals surface area (Å²) < 4.78 is 4.59. The lowest BCUT2D eigenvalue weighted by Gasteiger charge is -2.10. The highest BCUT2D eigenvalue weighted by Gasteiger charge is 2.04. The Morgan fingerprint density at radius 2 is 1.84 bits per heavy atom. The van der Waals surface area contributed by atoms with Crippen LogP contribution in [0.1, 0.15) is 32.5 Å². The van der Waals surface area contributed by atoms with E-state index in [1.165, 1.54) is 7.11 Å². The molecular weight excluding hydrogens is 244 g/mol. The van der Waals surface area contributed by atoms with Crippen LogP contribution in [0.25, 0.3) is 0 Å². The lowest BCUT2D eigenvalue weighted by atomic mass is 10.4. The van der Waals surface area contributed by atoms with Crippen LogP contribution in [0.3, 0.4) is 0 Å². The quantitative estimate of drug-likeness (QED) is 0.699. The molecule has 106 valence electrons. The molecule has 0 saturated carbocycles.